The molecule has 0 radical (unpaired) electrons. The molecule has 1 atom stereocenters. The molecular weight excluding hydrogens is 312 g/mol. The van der Waals surface area contributed by atoms with E-state index in [-0.39, 0.29) is 6.04 Å². The van der Waals surface area contributed by atoms with E-state index >= 15 is 0 Å². The van der Waals surface area contributed by atoms with Gasteiger partial charge in [-0.15, -0.1) is 0 Å². The molecule has 0 fully saturated rings. The number of rotatable bonds is 7. The second-order valence-corrected chi connectivity index (χ2v) is 6.49. The first kappa shape index (κ1) is 19.0. The third-order valence-corrected chi connectivity index (χ3v) is 4.08. The van der Waals surface area contributed by atoms with Crippen molar-refractivity contribution < 1.29 is 0 Å². The molecule has 6 heteroatoms. The summed E-state index contributed by atoms with van der Waals surface area (Å²) in [6, 6.07) is 8.73. The molecule has 1 aromatic carbocycles. The number of likely N-dealkylation sites (N-methyl/N-ethyl adjacent to an activating group) is 1. The Bertz CT molecular complexity index is 671. The highest BCUT2D eigenvalue weighted by Crippen LogP contribution is 2.16. The third kappa shape index (κ3) is 5.90. The van der Waals surface area contributed by atoms with Crippen LogP contribution < -0.4 is 10.6 Å². The minimum absolute atomic E-state index is 0.233. The van der Waals surface area contributed by atoms with Crippen molar-refractivity contribution in [2.75, 3.05) is 27.2 Å². The van der Waals surface area contributed by atoms with Crippen LogP contribution in [-0.4, -0.2) is 47.8 Å². The summed E-state index contributed by atoms with van der Waals surface area (Å²) in [5.41, 5.74) is 3.66. The number of hydrogen-bond acceptors (Lipinski definition) is 3. The topological polar surface area (TPSA) is 57.5 Å². The van der Waals surface area contributed by atoms with E-state index in [9.17, 15) is 0 Å². The van der Waals surface area contributed by atoms with Crippen LogP contribution in [0.4, 0.5) is 0 Å². The summed E-state index contributed by atoms with van der Waals surface area (Å²) >= 11 is 0. The molecule has 0 amide bonds. The van der Waals surface area contributed by atoms with Gasteiger partial charge in [-0.05, 0) is 33.5 Å². The fraction of sp³-hybridized carbons (Fsp3) is 0.474. The highest BCUT2D eigenvalue weighted by Gasteiger charge is 2.16. The molecular formula is C19H30N6. The van der Waals surface area contributed by atoms with Crippen molar-refractivity contribution in [3.05, 3.63) is 53.3 Å². The lowest BCUT2D eigenvalue weighted by Gasteiger charge is -2.24. The van der Waals surface area contributed by atoms with Crippen LogP contribution in [0.3, 0.4) is 0 Å². The maximum atomic E-state index is 4.70. The molecule has 0 saturated heterocycles. The first-order valence-corrected chi connectivity index (χ1v) is 8.72. The van der Waals surface area contributed by atoms with Crippen molar-refractivity contribution >= 4 is 5.96 Å². The Hall–Kier alpha value is -2.34. The van der Waals surface area contributed by atoms with Crippen LogP contribution in [0.1, 0.15) is 29.7 Å². The van der Waals surface area contributed by atoms with Gasteiger partial charge >= 0.3 is 0 Å². The number of aliphatic imine (C=N–C) groups is 1. The van der Waals surface area contributed by atoms with Gasteiger partial charge in [0.25, 0.3) is 0 Å². The Kier molecular flexibility index (Phi) is 7.01. The molecule has 1 aromatic heterocycles. The third-order valence-electron chi connectivity index (χ3n) is 4.08. The van der Waals surface area contributed by atoms with Gasteiger partial charge in [0.15, 0.2) is 5.96 Å². The molecule has 0 saturated carbocycles. The zero-order valence-corrected chi connectivity index (χ0v) is 16.0. The minimum atomic E-state index is 0.233. The van der Waals surface area contributed by atoms with E-state index in [4.69, 9.17) is 4.99 Å². The van der Waals surface area contributed by atoms with Crippen LogP contribution >= 0.6 is 0 Å². The molecule has 1 heterocycles. The van der Waals surface area contributed by atoms with Gasteiger partial charge in [-0.2, -0.15) is 5.10 Å². The Morgan fingerprint density at radius 3 is 2.52 bits per heavy atom. The van der Waals surface area contributed by atoms with Crippen LogP contribution in [0.15, 0.2) is 41.7 Å². The number of guanidine groups is 1. The van der Waals surface area contributed by atoms with Crippen LogP contribution in [0, 0.1) is 6.92 Å². The number of nitrogens with one attached hydrogen (secondary N) is 2. The number of aryl methyl sites for hydroxylation is 2. The van der Waals surface area contributed by atoms with E-state index in [0.29, 0.717) is 6.54 Å². The van der Waals surface area contributed by atoms with E-state index in [1.54, 1.807) is 0 Å². The van der Waals surface area contributed by atoms with Crippen molar-refractivity contribution in [3.63, 3.8) is 0 Å². The summed E-state index contributed by atoms with van der Waals surface area (Å²) in [5.74, 6) is 0.832. The molecule has 0 aliphatic carbocycles. The number of hydrogen-bond donors (Lipinski definition) is 2. The molecule has 25 heavy (non-hydrogen) atoms. The van der Waals surface area contributed by atoms with E-state index in [0.717, 1.165) is 19.0 Å². The number of nitrogens with zero attached hydrogens (tertiary/aromatic N) is 4. The molecule has 2 N–H and O–H groups in total. The fourth-order valence-corrected chi connectivity index (χ4v) is 2.61. The smallest absolute Gasteiger partial charge is 0.191 e. The van der Waals surface area contributed by atoms with Crippen LogP contribution in [-0.2, 0) is 13.6 Å². The van der Waals surface area contributed by atoms with Gasteiger partial charge in [0, 0.05) is 31.9 Å². The van der Waals surface area contributed by atoms with Gasteiger partial charge in [0.05, 0.1) is 18.8 Å². The molecule has 1 unspecified atom stereocenters. The predicted molar refractivity (Wildman–Crippen MR) is 104 cm³/mol. The van der Waals surface area contributed by atoms with Gasteiger partial charge in [-0.3, -0.25) is 4.68 Å². The second kappa shape index (κ2) is 9.22. The molecule has 0 aliphatic rings. The van der Waals surface area contributed by atoms with Crippen LogP contribution in [0.5, 0.6) is 0 Å². The van der Waals surface area contributed by atoms with Crippen molar-refractivity contribution in [1.82, 2.24) is 25.3 Å². The molecule has 0 bridgehead atoms. The monoisotopic (exact) mass is 342 g/mol. The Morgan fingerprint density at radius 2 is 1.96 bits per heavy atom. The van der Waals surface area contributed by atoms with Crippen molar-refractivity contribution in [3.8, 4) is 0 Å². The van der Waals surface area contributed by atoms with Crippen LogP contribution in [0.2, 0.25) is 0 Å². The summed E-state index contributed by atoms with van der Waals surface area (Å²) in [7, 11) is 6.10. The summed E-state index contributed by atoms with van der Waals surface area (Å²) in [6.07, 6.45) is 3.98. The van der Waals surface area contributed by atoms with E-state index in [1.807, 2.05) is 17.9 Å². The molecule has 2 rings (SSSR count). The van der Waals surface area contributed by atoms with Crippen molar-refractivity contribution in [2.24, 2.45) is 12.0 Å². The summed E-state index contributed by atoms with van der Waals surface area (Å²) < 4.78 is 1.84. The SMILES string of the molecule is CCNC(=NCc1ccc(C)cc1)NCC(c1cnn(C)c1)N(C)C. The van der Waals surface area contributed by atoms with Gasteiger partial charge in [-0.25, -0.2) is 4.99 Å². The normalized spacial score (nSPS) is 13.1. The summed E-state index contributed by atoms with van der Waals surface area (Å²) in [6.45, 7) is 6.43. The first-order valence-electron chi connectivity index (χ1n) is 8.72. The lowest BCUT2D eigenvalue weighted by atomic mass is 10.1. The Morgan fingerprint density at radius 1 is 1.24 bits per heavy atom. The highest BCUT2D eigenvalue weighted by molar-refractivity contribution is 5.79. The lowest BCUT2D eigenvalue weighted by molar-refractivity contribution is 0.298. The molecule has 2 aromatic rings. The number of aromatic nitrogens is 2. The lowest BCUT2D eigenvalue weighted by Crippen LogP contribution is -2.41. The van der Waals surface area contributed by atoms with E-state index < -0.39 is 0 Å². The highest BCUT2D eigenvalue weighted by atomic mass is 15.3. The second-order valence-electron chi connectivity index (χ2n) is 6.49. The molecule has 0 spiro atoms. The minimum Gasteiger partial charge on any atom is -0.357 e. The first-order chi connectivity index (χ1) is 12.0. The maximum Gasteiger partial charge on any atom is 0.191 e. The summed E-state index contributed by atoms with van der Waals surface area (Å²) in [4.78, 5) is 6.89. The van der Waals surface area contributed by atoms with Crippen molar-refractivity contribution in [2.45, 2.75) is 26.4 Å². The molecule has 0 aliphatic heterocycles. The largest absolute Gasteiger partial charge is 0.357 e. The standard InChI is InChI=1S/C19H30N6/c1-6-20-19(21-11-16-9-7-15(2)8-10-16)22-13-18(24(3)4)17-12-23-25(5)14-17/h7-10,12,14,18H,6,11,13H2,1-5H3,(H2,20,21,22). The van der Waals surface area contributed by atoms with E-state index in [1.165, 1.54) is 16.7 Å². The Balaban J connectivity index is 2.01. The van der Waals surface area contributed by atoms with Gasteiger partial charge in [0.2, 0.25) is 0 Å². The van der Waals surface area contributed by atoms with Crippen LogP contribution in [0.25, 0.3) is 0 Å². The average Bonchev–Trinajstić information content (AvgIpc) is 3.00. The molecule has 136 valence electrons. The van der Waals surface area contributed by atoms with Gasteiger partial charge < -0.3 is 15.5 Å². The van der Waals surface area contributed by atoms with E-state index in [2.05, 4.69) is 79.0 Å². The average molecular weight is 342 g/mol. The molecule has 6 nitrogen and oxygen atoms in total. The maximum absolute atomic E-state index is 4.70. The predicted octanol–water partition coefficient (Wildman–Crippen LogP) is 2.09. The quantitative estimate of drug-likeness (QED) is 0.597. The zero-order valence-electron chi connectivity index (χ0n) is 16.0. The number of benzene rings is 1. The fourth-order valence-electron chi connectivity index (χ4n) is 2.61. The zero-order chi connectivity index (χ0) is 18.2. The van der Waals surface area contributed by atoms with Gasteiger partial charge in [0.1, 0.15) is 0 Å². The van der Waals surface area contributed by atoms with Gasteiger partial charge in [-0.1, -0.05) is 29.8 Å². The van der Waals surface area contributed by atoms with Crippen molar-refractivity contribution in [1.29, 1.82) is 0 Å². The Labute approximate surface area is 151 Å². The summed E-state index contributed by atoms with van der Waals surface area (Å²) in [5, 5.41) is 11.0.